The lowest BCUT2D eigenvalue weighted by molar-refractivity contribution is 0.536. The van der Waals surface area contributed by atoms with Crippen LogP contribution in [0.1, 0.15) is 38.3 Å². The Morgan fingerprint density at radius 1 is 1.47 bits per heavy atom. The van der Waals surface area contributed by atoms with Crippen LogP contribution in [0.4, 0.5) is 4.39 Å². The van der Waals surface area contributed by atoms with E-state index in [2.05, 4.69) is 40.0 Å². The third-order valence-electron chi connectivity index (χ3n) is 2.47. The van der Waals surface area contributed by atoms with Crippen molar-refractivity contribution in [3.05, 3.63) is 34.1 Å². The van der Waals surface area contributed by atoms with Crippen LogP contribution in [0.3, 0.4) is 0 Å². The SMILES string of the molecule is CC#CCC(NCCC)c1ccc(Br)c(F)c1. The molecule has 0 aliphatic heterocycles. The molecule has 0 saturated heterocycles. The van der Waals surface area contributed by atoms with Crippen molar-refractivity contribution < 1.29 is 4.39 Å². The monoisotopic (exact) mass is 297 g/mol. The highest BCUT2D eigenvalue weighted by Crippen LogP contribution is 2.22. The minimum Gasteiger partial charge on any atom is -0.309 e. The summed E-state index contributed by atoms with van der Waals surface area (Å²) in [6.45, 7) is 4.84. The summed E-state index contributed by atoms with van der Waals surface area (Å²) in [7, 11) is 0. The minimum absolute atomic E-state index is 0.102. The maximum Gasteiger partial charge on any atom is 0.137 e. The molecule has 0 radical (unpaired) electrons. The summed E-state index contributed by atoms with van der Waals surface area (Å²) in [5.74, 6) is 5.69. The lowest BCUT2D eigenvalue weighted by atomic mass is 10.0. The highest BCUT2D eigenvalue weighted by atomic mass is 79.9. The van der Waals surface area contributed by atoms with E-state index in [1.807, 2.05) is 13.0 Å². The number of halogens is 2. The van der Waals surface area contributed by atoms with E-state index in [0.29, 0.717) is 10.9 Å². The van der Waals surface area contributed by atoms with Gasteiger partial charge in [0.1, 0.15) is 5.82 Å². The van der Waals surface area contributed by atoms with Gasteiger partial charge in [-0.2, -0.15) is 0 Å². The smallest absolute Gasteiger partial charge is 0.137 e. The van der Waals surface area contributed by atoms with Crippen molar-refractivity contribution in [1.29, 1.82) is 0 Å². The molecule has 17 heavy (non-hydrogen) atoms. The maximum atomic E-state index is 13.5. The molecule has 1 aromatic rings. The molecule has 0 bridgehead atoms. The summed E-state index contributed by atoms with van der Waals surface area (Å²) in [6.07, 6.45) is 1.76. The number of hydrogen-bond acceptors (Lipinski definition) is 1. The molecule has 0 fully saturated rings. The molecule has 1 unspecified atom stereocenters. The molecule has 0 aliphatic rings. The second kappa shape index (κ2) is 7.47. The van der Waals surface area contributed by atoms with Crippen molar-refractivity contribution in [3.63, 3.8) is 0 Å². The first kappa shape index (κ1) is 14.2. The molecule has 1 nitrogen and oxygen atoms in total. The lowest BCUT2D eigenvalue weighted by Crippen LogP contribution is -2.21. The van der Waals surface area contributed by atoms with E-state index >= 15 is 0 Å². The van der Waals surface area contributed by atoms with E-state index < -0.39 is 0 Å². The number of benzene rings is 1. The topological polar surface area (TPSA) is 12.0 Å². The summed E-state index contributed by atoms with van der Waals surface area (Å²) in [6, 6.07) is 5.34. The van der Waals surface area contributed by atoms with E-state index in [1.165, 1.54) is 0 Å². The van der Waals surface area contributed by atoms with Gasteiger partial charge < -0.3 is 5.32 Å². The first-order valence-corrected chi connectivity index (χ1v) is 6.56. The van der Waals surface area contributed by atoms with E-state index in [4.69, 9.17) is 0 Å². The number of hydrogen-bond donors (Lipinski definition) is 1. The molecule has 0 aliphatic carbocycles. The maximum absolute atomic E-state index is 13.5. The molecule has 0 heterocycles. The molecule has 0 saturated carbocycles. The van der Waals surface area contributed by atoms with Crippen LogP contribution >= 0.6 is 15.9 Å². The second-order valence-corrected chi connectivity index (χ2v) is 4.67. The first-order valence-electron chi connectivity index (χ1n) is 5.77. The van der Waals surface area contributed by atoms with Crippen molar-refractivity contribution in [3.8, 4) is 11.8 Å². The van der Waals surface area contributed by atoms with Gasteiger partial charge in [0.05, 0.1) is 4.47 Å². The number of nitrogens with one attached hydrogen (secondary N) is 1. The molecular formula is C14H17BrFN. The van der Waals surface area contributed by atoms with Crippen LogP contribution in [0, 0.1) is 17.7 Å². The number of rotatable bonds is 5. The van der Waals surface area contributed by atoms with Gasteiger partial charge in [-0.05, 0) is 53.5 Å². The Labute approximate surface area is 111 Å². The van der Waals surface area contributed by atoms with Crippen LogP contribution in [0.2, 0.25) is 0 Å². The first-order chi connectivity index (χ1) is 8.19. The zero-order chi connectivity index (χ0) is 12.7. The van der Waals surface area contributed by atoms with Crippen LogP contribution in [-0.4, -0.2) is 6.54 Å². The van der Waals surface area contributed by atoms with E-state index in [1.54, 1.807) is 12.1 Å². The van der Waals surface area contributed by atoms with Crippen LogP contribution < -0.4 is 5.32 Å². The van der Waals surface area contributed by atoms with Gasteiger partial charge >= 0.3 is 0 Å². The summed E-state index contributed by atoms with van der Waals surface area (Å²) >= 11 is 3.16. The zero-order valence-corrected chi connectivity index (χ0v) is 11.8. The van der Waals surface area contributed by atoms with E-state index in [0.717, 1.165) is 18.5 Å². The van der Waals surface area contributed by atoms with Gasteiger partial charge in [-0.1, -0.05) is 13.0 Å². The van der Waals surface area contributed by atoms with E-state index in [-0.39, 0.29) is 11.9 Å². The quantitative estimate of drug-likeness (QED) is 0.809. The molecular weight excluding hydrogens is 281 g/mol. The molecule has 1 aromatic carbocycles. The third-order valence-corrected chi connectivity index (χ3v) is 3.11. The minimum atomic E-state index is -0.227. The molecule has 1 N–H and O–H groups in total. The highest BCUT2D eigenvalue weighted by Gasteiger charge is 2.11. The Morgan fingerprint density at radius 2 is 2.24 bits per heavy atom. The molecule has 1 atom stereocenters. The fraction of sp³-hybridized carbons (Fsp3) is 0.429. The van der Waals surface area contributed by atoms with Crippen LogP contribution in [0.5, 0.6) is 0 Å². The summed E-state index contributed by atoms with van der Waals surface area (Å²) in [5.41, 5.74) is 0.946. The average Bonchev–Trinajstić information content (AvgIpc) is 2.33. The van der Waals surface area contributed by atoms with Crippen LogP contribution in [0.15, 0.2) is 22.7 Å². The molecule has 0 spiro atoms. The van der Waals surface area contributed by atoms with Crippen molar-refractivity contribution in [2.45, 2.75) is 32.7 Å². The van der Waals surface area contributed by atoms with Crippen LogP contribution in [0.25, 0.3) is 0 Å². The average molecular weight is 298 g/mol. The molecule has 3 heteroatoms. The Bertz CT molecular complexity index is 420. The second-order valence-electron chi connectivity index (χ2n) is 3.81. The van der Waals surface area contributed by atoms with Crippen LogP contribution in [-0.2, 0) is 0 Å². The van der Waals surface area contributed by atoms with Gasteiger partial charge in [-0.3, -0.25) is 0 Å². The molecule has 92 valence electrons. The van der Waals surface area contributed by atoms with Gasteiger partial charge in [0, 0.05) is 12.5 Å². The largest absolute Gasteiger partial charge is 0.309 e. The van der Waals surface area contributed by atoms with Gasteiger partial charge in [-0.15, -0.1) is 11.8 Å². The normalized spacial score (nSPS) is 11.8. The summed E-state index contributed by atoms with van der Waals surface area (Å²) < 4.78 is 14.0. The van der Waals surface area contributed by atoms with Crippen molar-refractivity contribution in [2.75, 3.05) is 6.54 Å². The highest BCUT2D eigenvalue weighted by molar-refractivity contribution is 9.10. The predicted molar refractivity (Wildman–Crippen MR) is 73.2 cm³/mol. The molecule has 1 rings (SSSR count). The fourth-order valence-corrected chi connectivity index (χ4v) is 1.81. The van der Waals surface area contributed by atoms with Crippen molar-refractivity contribution in [2.24, 2.45) is 0 Å². The van der Waals surface area contributed by atoms with Gasteiger partial charge in [0.25, 0.3) is 0 Å². The van der Waals surface area contributed by atoms with E-state index in [9.17, 15) is 4.39 Å². The van der Waals surface area contributed by atoms with Crippen molar-refractivity contribution in [1.82, 2.24) is 5.32 Å². The fourth-order valence-electron chi connectivity index (χ4n) is 1.56. The predicted octanol–water partition coefficient (Wildman–Crippen LogP) is 4.04. The Morgan fingerprint density at radius 3 is 2.82 bits per heavy atom. The van der Waals surface area contributed by atoms with Gasteiger partial charge in [-0.25, -0.2) is 4.39 Å². The van der Waals surface area contributed by atoms with Gasteiger partial charge in [0.15, 0.2) is 0 Å². The lowest BCUT2D eigenvalue weighted by Gasteiger charge is -2.16. The molecule has 0 amide bonds. The molecule has 0 aromatic heterocycles. The summed E-state index contributed by atoms with van der Waals surface area (Å²) in [5, 5.41) is 3.38. The zero-order valence-electron chi connectivity index (χ0n) is 10.2. The van der Waals surface area contributed by atoms with Gasteiger partial charge in [0.2, 0.25) is 0 Å². The standard InChI is InChI=1S/C14H17BrFN/c1-3-5-6-14(17-9-4-2)11-7-8-12(15)13(16)10-11/h7-8,10,14,17H,4,6,9H2,1-2H3. The third kappa shape index (κ3) is 4.49. The Kier molecular flexibility index (Phi) is 6.25. The Balaban J connectivity index is 2.85. The summed E-state index contributed by atoms with van der Waals surface area (Å²) in [4.78, 5) is 0. The Hall–Kier alpha value is -0.850. The van der Waals surface area contributed by atoms with Crippen molar-refractivity contribution >= 4 is 15.9 Å².